The second-order valence-corrected chi connectivity index (χ2v) is 4.24. The summed E-state index contributed by atoms with van der Waals surface area (Å²) < 4.78 is 13.7. The predicted molar refractivity (Wildman–Crippen MR) is 60.1 cm³/mol. The fourth-order valence-corrected chi connectivity index (χ4v) is 2.15. The predicted octanol–water partition coefficient (Wildman–Crippen LogP) is 2.04. The summed E-state index contributed by atoms with van der Waals surface area (Å²) in [5, 5.41) is 0.137. The summed E-state index contributed by atoms with van der Waals surface area (Å²) in [7, 11) is 2.80. The molecular formula is C11H10ClFN2O2. The van der Waals surface area contributed by atoms with E-state index in [1.54, 1.807) is 0 Å². The molecule has 0 bridgehead atoms. The SMILES string of the molecule is CN1C(=O)C(c2c(F)cccc2Cl)N(C)C1=O. The molecule has 1 aromatic rings. The molecule has 3 amide bonds. The van der Waals surface area contributed by atoms with Crippen molar-refractivity contribution in [1.82, 2.24) is 9.80 Å². The molecular weight excluding hydrogens is 247 g/mol. The third-order valence-corrected chi connectivity index (χ3v) is 3.14. The summed E-state index contributed by atoms with van der Waals surface area (Å²) in [4.78, 5) is 25.6. The van der Waals surface area contributed by atoms with E-state index in [2.05, 4.69) is 0 Å². The van der Waals surface area contributed by atoms with Gasteiger partial charge in [-0.1, -0.05) is 17.7 Å². The number of hydrogen-bond acceptors (Lipinski definition) is 2. The number of imide groups is 1. The van der Waals surface area contributed by atoms with E-state index in [9.17, 15) is 14.0 Å². The first-order valence-electron chi connectivity index (χ1n) is 4.93. The van der Waals surface area contributed by atoms with Gasteiger partial charge in [-0.2, -0.15) is 0 Å². The van der Waals surface area contributed by atoms with Crippen molar-refractivity contribution in [3.63, 3.8) is 0 Å². The van der Waals surface area contributed by atoms with Crippen LogP contribution in [-0.2, 0) is 4.79 Å². The molecule has 17 heavy (non-hydrogen) atoms. The van der Waals surface area contributed by atoms with Crippen molar-refractivity contribution >= 4 is 23.5 Å². The van der Waals surface area contributed by atoms with Gasteiger partial charge < -0.3 is 4.90 Å². The Kier molecular flexibility index (Phi) is 2.79. The van der Waals surface area contributed by atoms with Gasteiger partial charge in [-0.3, -0.25) is 9.69 Å². The molecule has 4 nitrogen and oxygen atoms in total. The first-order chi connectivity index (χ1) is 7.95. The Morgan fingerprint density at radius 2 is 1.94 bits per heavy atom. The molecule has 2 rings (SSSR count). The number of benzene rings is 1. The molecule has 1 fully saturated rings. The Labute approximate surface area is 103 Å². The molecule has 1 aliphatic heterocycles. The quantitative estimate of drug-likeness (QED) is 0.722. The second-order valence-electron chi connectivity index (χ2n) is 3.83. The highest BCUT2D eigenvalue weighted by molar-refractivity contribution is 6.31. The highest BCUT2D eigenvalue weighted by Gasteiger charge is 2.43. The minimum absolute atomic E-state index is 0.0411. The van der Waals surface area contributed by atoms with Crippen molar-refractivity contribution < 1.29 is 14.0 Å². The van der Waals surface area contributed by atoms with Gasteiger partial charge >= 0.3 is 6.03 Å². The highest BCUT2D eigenvalue weighted by Crippen LogP contribution is 2.34. The fraction of sp³-hybridized carbons (Fsp3) is 0.273. The van der Waals surface area contributed by atoms with Gasteiger partial charge in [-0.15, -0.1) is 0 Å². The van der Waals surface area contributed by atoms with Crippen LogP contribution in [0.5, 0.6) is 0 Å². The Morgan fingerprint density at radius 3 is 2.41 bits per heavy atom. The molecule has 0 aromatic heterocycles. The van der Waals surface area contributed by atoms with Crippen molar-refractivity contribution in [2.24, 2.45) is 0 Å². The van der Waals surface area contributed by atoms with Crippen LogP contribution in [0.2, 0.25) is 5.02 Å². The zero-order valence-electron chi connectivity index (χ0n) is 9.28. The van der Waals surface area contributed by atoms with Crippen molar-refractivity contribution in [3.05, 3.63) is 34.6 Å². The Balaban J connectivity index is 2.55. The van der Waals surface area contributed by atoms with Crippen LogP contribution in [0.1, 0.15) is 11.6 Å². The van der Waals surface area contributed by atoms with E-state index >= 15 is 0 Å². The summed E-state index contributed by atoms with van der Waals surface area (Å²) in [5.41, 5.74) is 0.0411. The summed E-state index contributed by atoms with van der Waals surface area (Å²) >= 11 is 5.89. The number of halogens is 2. The average molecular weight is 257 g/mol. The van der Waals surface area contributed by atoms with Crippen LogP contribution in [0.25, 0.3) is 0 Å². The maximum atomic E-state index is 13.7. The molecule has 0 saturated carbocycles. The summed E-state index contributed by atoms with van der Waals surface area (Å²) in [6.45, 7) is 0. The van der Waals surface area contributed by atoms with Crippen molar-refractivity contribution in [2.45, 2.75) is 6.04 Å². The number of urea groups is 1. The molecule has 0 N–H and O–H groups in total. The van der Waals surface area contributed by atoms with Gasteiger partial charge in [0.2, 0.25) is 0 Å². The molecule has 6 heteroatoms. The van der Waals surface area contributed by atoms with Crippen molar-refractivity contribution in [2.75, 3.05) is 14.1 Å². The lowest BCUT2D eigenvalue weighted by molar-refractivity contribution is -0.127. The lowest BCUT2D eigenvalue weighted by Crippen LogP contribution is -2.27. The average Bonchev–Trinajstić information content (AvgIpc) is 2.46. The molecule has 90 valence electrons. The topological polar surface area (TPSA) is 40.6 Å². The molecule has 1 aliphatic rings. The molecule has 0 spiro atoms. The zero-order chi connectivity index (χ0) is 12.7. The van der Waals surface area contributed by atoms with E-state index in [-0.39, 0.29) is 10.6 Å². The Morgan fingerprint density at radius 1 is 1.29 bits per heavy atom. The minimum atomic E-state index is -0.985. The van der Waals surface area contributed by atoms with Crippen LogP contribution in [0.4, 0.5) is 9.18 Å². The number of carbonyl (C=O) groups is 2. The van der Waals surface area contributed by atoms with Gasteiger partial charge in [0.25, 0.3) is 5.91 Å². The van der Waals surface area contributed by atoms with E-state index in [0.717, 1.165) is 4.90 Å². The van der Waals surface area contributed by atoms with E-state index in [0.29, 0.717) is 0 Å². The summed E-state index contributed by atoms with van der Waals surface area (Å²) in [5.74, 6) is -1.07. The largest absolute Gasteiger partial charge is 0.327 e. The van der Waals surface area contributed by atoms with Gasteiger partial charge in [0.05, 0.1) is 0 Å². The number of likely N-dealkylation sites (N-methyl/N-ethyl adjacent to an activating group) is 2. The third kappa shape index (κ3) is 1.67. The number of hydrogen-bond donors (Lipinski definition) is 0. The molecule has 1 aromatic carbocycles. The molecule has 0 radical (unpaired) electrons. The number of carbonyl (C=O) groups excluding carboxylic acids is 2. The maximum Gasteiger partial charge on any atom is 0.327 e. The third-order valence-electron chi connectivity index (χ3n) is 2.81. The molecule has 1 unspecified atom stereocenters. The minimum Gasteiger partial charge on any atom is -0.311 e. The van der Waals surface area contributed by atoms with Crippen LogP contribution >= 0.6 is 11.6 Å². The summed E-state index contributed by atoms with van der Waals surface area (Å²) in [6, 6.07) is 2.70. The first kappa shape index (κ1) is 11.9. The van der Waals surface area contributed by atoms with Crippen LogP contribution < -0.4 is 0 Å². The molecule has 0 aliphatic carbocycles. The summed E-state index contributed by atoms with van der Waals surface area (Å²) in [6.07, 6.45) is 0. The number of nitrogens with zero attached hydrogens (tertiary/aromatic N) is 2. The van der Waals surface area contributed by atoms with E-state index in [1.165, 1.54) is 37.2 Å². The number of amides is 3. The van der Waals surface area contributed by atoms with Crippen molar-refractivity contribution in [3.8, 4) is 0 Å². The van der Waals surface area contributed by atoms with Gasteiger partial charge in [0.15, 0.2) is 0 Å². The highest BCUT2D eigenvalue weighted by atomic mass is 35.5. The fourth-order valence-electron chi connectivity index (χ4n) is 1.88. The second kappa shape index (κ2) is 4.00. The maximum absolute atomic E-state index is 13.7. The van der Waals surface area contributed by atoms with Crippen LogP contribution in [0.3, 0.4) is 0 Å². The molecule has 1 atom stereocenters. The van der Waals surface area contributed by atoms with Gasteiger partial charge in [-0.05, 0) is 12.1 Å². The normalized spacial score (nSPS) is 20.4. The molecule has 1 saturated heterocycles. The zero-order valence-corrected chi connectivity index (χ0v) is 10.0. The lowest BCUT2D eigenvalue weighted by atomic mass is 10.1. The van der Waals surface area contributed by atoms with Crippen molar-refractivity contribution in [1.29, 1.82) is 0 Å². The first-order valence-corrected chi connectivity index (χ1v) is 5.31. The monoisotopic (exact) mass is 256 g/mol. The molecule has 1 heterocycles. The lowest BCUT2D eigenvalue weighted by Gasteiger charge is -2.18. The van der Waals surface area contributed by atoms with E-state index in [4.69, 9.17) is 11.6 Å². The Hall–Kier alpha value is -1.62. The van der Waals surface area contributed by atoms with Crippen LogP contribution in [0.15, 0.2) is 18.2 Å². The van der Waals surface area contributed by atoms with E-state index in [1.807, 2.05) is 0 Å². The standard InChI is InChI=1S/C11H10ClFN2O2/c1-14-9(10(16)15(2)11(14)17)8-6(12)4-3-5-7(8)13/h3-5,9H,1-2H3. The number of rotatable bonds is 1. The van der Waals surface area contributed by atoms with E-state index < -0.39 is 23.8 Å². The van der Waals surface area contributed by atoms with Crippen LogP contribution in [0, 0.1) is 5.82 Å². The van der Waals surface area contributed by atoms with Gasteiger partial charge in [0, 0.05) is 24.7 Å². The Bertz CT molecular complexity index is 486. The van der Waals surface area contributed by atoms with Gasteiger partial charge in [0.1, 0.15) is 11.9 Å². The van der Waals surface area contributed by atoms with Gasteiger partial charge in [-0.25, -0.2) is 9.18 Å². The smallest absolute Gasteiger partial charge is 0.311 e. The van der Waals surface area contributed by atoms with Crippen LogP contribution in [-0.4, -0.2) is 35.8 Å².